The fourth-order valence-corrected chi connectivity index (χ4v) is 2.60. The molecule has 2 aromatic carbocycles. The van der Waals surface area contributed by atoms with Crippen LogP contribution in [-0.2, 0) is 0 Å². The number of benzene rings is 2. The molecule has 0 bridgehead atoms. The smallest absolute Gasteiger partial charge is 0.0696 e. The molecule has 2 nitrogen and oxygen atoms in total. The SMILES string of the molecule is CSc1ccccc1Nn1ccc2ccccc21. The molecule has 0 aliphatic rings. The Kier molecular flexibility index (Phi) is 2.99. The number of anilines is 1. The van der Waals surface area contributed by atoms with Crippen LogP contribution in [0.5, 0.6) is 0 Å². The Hall–Kier alpha value is -1.87. The highest BCUT2D eigenvalue weighted by atomic mass is 32.2. The summed E-state index contributed by atoms with van der Waals surface area (Å²) >= 11 is 1.75. The summed E-state index contributed by atoms with van der Waals surface area (Å²) in [5, 5.41) is 1.24. The highest BCUT2D eigenvalue weighted by molar-refractivity contribution is 7.98. The van der Waals surface area contributed by atoms with Gasteiger partial charge in [0.05, 0.1) is 11.2 Å². The summed E-state index contributed by atoms with van der Waals surface area (Å²) in [6.45, 7) is 0. The van der Waals surface area contributed by atoms with E-state index >= 15 is 0 Å². The summed E-state index contributed by atoms with van der Waals surface area (Å²) in [7, 11) is 0. The van der Waals surface area contributed by atoms with E-state index in [1.165, 1.54) is 15.8 Å². The van der Waals surface area contributed by atoms with Crippen LogP contribution in [-0.4, -0.2) is 10.9 Å². The van der Waals surface area contributed by atoms with Gasteiger partial charge in [-0.25, -0.2) is 0 Å². The first-order valence-corrected chi connectivity index (χ1v) is 7.07. The van der Waals surface area contributed by atoms with Gasteiger partial charge in [0.1, 0.15) is 0 Å². The van der Waals surface area contributed by atoms with Gasteiger partial charge in [-0.3, -0.25) is 10.1 Å². The number of hydrogen-bond donors (Lipinski definition) is 1. The van der Waals surface area contributed by atoms with Crippen LogP contribution in [0.2, 0.25) is 0 Å². The van der Waals surface area contributed by atoms with Crippen molar-refractivity contribution in [3.8, 4) is 0 Å². The molecule has 0 fully saturated rings. The lowest BCUT2D eigenvalue weighted by molar-refractivity contribution is 1.00. The number of hydrogen-bond acceptors (Lipinski definition) is 2. The number of nitrogens with one attached hydrogen (secondary N) is 1. The Morgan fingerprint density at radius 3 is 2.61 bits per heavy atom. The highest BCUT2D eigenvalue weighted by Crippen LogP contribution is 2.25. The topological polar surface area (TPSA) is 17.0 Å². The molecule has 3 aromatic rings. The van der Waals surface area contributed by atoms with Crippen LogP contribution in [0.4, 0.5) is 5.69 Å². The maximum Gasteiger partial charge on any atom is 0.0696 e. The van der Waals surface area contributed by atoms with E-state index in [1.54, 1.807) is 11.8 Å². The summed E-state index contributed by atoms with van der Waals surface area (Å²) < 4.78 is 2.06. The molecule has 3 heteroatoms. The predicted octanol–water partition coefficient (Wildman–Crippen LogP) is 4.24. The van der Waals surface area contributed by atoms with E-state index in [1.807, 2.05) is 6.07 Å². The van der Waals surface area contributed by atoms with Crippen LogP contribution in [0.25, 0.3) is 10.9 Å². The van der Waals surface area contributed by atoms with Crippen LogP contribution < -0.4 is 5.43 Å². The van der Waals surface area contributed by atoms with Crippen molar-refractivity contribution in [3.05, 3.63) is 60.8 Å². The molecule has 0 amide bonds. The van der Waals surface area contributed by atoms with Crippen molar-refractivity contribution in [2.24, 2.45) is 0 Å². The lowest BCUT2D eigenvalue weighted by Gasteiger charge is -2.12. The average Bonchev–Trinajstić information content (AvgIpc) is 2.83. The van der Waals surface area contributed by atoms with Gasteiger partial charge in [0.25, 0.3) is 0 Å². The summed E-state index contributed by atoms with van der Waals surface area (Å²) in [6, 6.07) is 18.8. The van der Waals surface area contributed by atoms with E-state index in [-0.39, 0.29) is 0 Å². The molecule has 0 aliphatic carbocycles. The molecular formula is C15H14N2S. The summed E-state index contributed by atoms with van der Waals surface area (Å²) in [6.07, 6.45) is 4.15. The van der Waals surface area contributed by atoms with Gasteiger partial charge in [0.2, 0.25) is 0 Å². The number of thioether (sulfide) groups is 1. The van der Waals surface area contributed by atoms with Crippen LogP contribution in [0.15, 0.2) is 65.7 Å². The number of fused-ring (bicyclic) bond motifs is 1. The minimum atomic E-state index is 1.13. The zero-order valence-electron chi connectivity index (χ0n) is 10.1. The summed E-state index contributed by atoms with van der Waals surface area (Å²) in [5.41, 5.74) is 5.76. The minimum Gasteiger partial charge on any atom is -0.293 e. The van der Waals surface area contributed by atoms with Gasteiger partial charge in [0.15, 0.2) is 0 Å². The molecule has 90 valence electrons. The number of rotatable bonds is 3. The molecular weight excluding hydrogens is 240 g/mol. The van der Waals surface area contributed by atoms with E-state index in [0.717, 1.165) is 5.69 Å². The molecule has 0 unspecified atom stereocenters. The Morgan fingerprint density at radius 2 is 1.72 bits per heavy atom. The largest absolute Gasteiger partial charge is 0.293 e. The van der Waals surface area contributed by atoms with Gasteiger partial charge < -0.3 is 0 Å². The number of nitrogens with zero attached hydrogens (tertiary/aromatic N) is 1. The Morgan fingerprint density at radius 1 is 0.944 bits per heavy atom. The Bertz CT molecular complexity index is 673. The van der Waals surface area contributed by atoms with Crippen molar-refractivity contribution in [3.63, 3.8) is 0 Å². The van der Waals surface area contributed by atoms with Gasteiger partial charge in [-0.2, -0.15) is 0 Å². The van der Waals surface area contributed by atoms with E-state index in [4.69, 9.17) is 0 Å². The molecule has 1 heterocycles. The van der Waals surface area contributed by atoms with Crippen molar-refractivity contribution in [2.75, 3.05) is 11.7 Å². The van der Waals surface area contributed by atoms with Gasteiger partial charge in [-0.15, -0.1) is 11.8 Å². The van der Waals surface area contributed by atoms with E-state index in [9.17, 15) is 0 Å². The predicted molar refractivity (Wildman–Crippen MR) is 79.2 cm³/mol. The fraction of sp³-hybridized carbons (Fsp3) is 0.0667. The minimum absolute atomic E-state index is 1.13. The Labute approximate surface area is 111 Å². The first-order chi connectivity index (χ1) is 8.88. The normalized spacial score (nSPS) is 10.7. The zero-order chi connectivity index (χ0) is 12.4. The van der Waals surface area contributed by atoms with Crippen molar-refractivity contribution in [1.29, 1.82) is 0 Å². The second-order valence-electron chi connectivity index (χ2n) is 4.06. The third kappa shape index (κ3) is 1.97. The maximum absolute atomic E-state index is 3.44. The third-order valence-electron chi connectivity index (χ3n) is 2.95. The number of aromatic nitrogens is 1. The quantitative estimate of drug-likeness (QED) is 0.704. The monoisotopic (exact) mass is 254 g/mol. The lowest BCUT2D eigenvalue weighted by atomic mass is 10.3. The molecule has 1 aromatic heterocycles. The van der Waals surface area contributed by atoms with Crippen molar-refractivity contribution in [2.45, 2.75) is 4.90 Å². The first kappa shape index (κ1) is 11.2. The first-order valence-electron chi connectivity index (χ1n) is 5.84. The van der Waals surface area contributed by atoms with Gasteiger partial charge in [-0.1, -0.05) is 30.3 Å². The van der Waals surface area contributed by atoms with Crippen LogP contribution in [0.1, 0.15) is 0 Å². The molecule has 0 saturated heterocycles. The summed E-state index contributed by atoms with van der Waals surface area (Å²) in [4.78, 5) is 1.25. The van der Waals surface area contributed by atoms with Gasteiger partial charge >= 0.3 is 0 Å². The van der Waals surface area contributed by atoms with Gasteiger partial charge in [0, 0.05) is 16.5 Å². The molecule has 0 atom stereocenters. The molecule has 0 spiro atoms. The molecule has 18 heavy (non-hydrogen) atoms. The third-order valence-corrected chi connectivity index (χ3v) is 3.74. The molecule has 3 rings (SSSR count). The average molecular weight is 254 g/mol. The van der Waals surface area contributed by atoms with E-state index in [2.05, 4.69) is 71.1 Å². The van der Waals surface area contributed by atoms with Crippen molar-refractivity contribution in [1.82, 2.24) is 4.68 Å². The van der Waals surface area contributed by atoms with Crippen LogP contribution in [0.3, 0.4) is 0 Å². The molecule has 1 N–H and O–H groups in total. The van der Waals surface area contributed by atoms with E-state index in [0.29, 0.717) is 0 Å². The molecule has 0 saturated carbocycles. The second-order valence-corrected chi connectivity index (χ2v) is 4.90. The standard InChI is InChI=1S/C15H14N2S/c1-18-15-9-5-3-7-13(15)16-17-11-10-12-6-2-4-8-14(12)17/h2-11,16H,1H3. The second kappa shape index (κ2) is 4.78. The molecule has 0 aliphatic heterocycles. The fourth-order valence-electron chi connectivity index (χ4n) is 2.05. The molecule has 0 radical (unpaired) electrons. The van der Waals surface area contributed by atoms with Crippen molar-refractivity contribution >= 4 is 28.4 Å². The lowest BCUT2D eigenvalue weighted by Crippen LogP contribution is -2.07. The van der Waals surface area contributed by atoms with Crippen molar-refractivity contribution < 1.29 is 0 Å². The Balaban J connectivity index is 2.01. The number of para-hydroxylation sites is 2. The van der Waals surface area contributed by atoms with Crippen LogP contribution >= 0.6 is 11.8 Å². The zero-order valence-corrected chi connectivity index (χ0v) is 10.9. The van der Waals surface area contributed by atoms with E-state index < -0.39 is 0 Å². The van der Waals surface area contributed by atoms with Gasteiger partial charge in [-0.05, 0) is 30.5 Å². The van der Waals surface area contributed by atoms with Crippen LogP contribution in [0, 0.1) is 0 Å². The highest BCUT2D eigenvalue weighted by Gasteiger charge is 2.03. The maximum atomic E-state index is 3.44. The summed E-state index contributed by atoms with van der Waals surface area (Å²) in [5.74, 6) is 0.